The normalized spacial score (nSPS) is 15.7. The number of nitrogens with zero attached hydrogens (tertiary/aromatic N) is 2. The van der Waals surface area contributed by atoms with Gasteiger partial charge in [-0.15, -0.1) is 17.6 Å². The molecule has 7 nitrogen and oxygen atoms in total. The molecule has 0 saturated heterocycles. The van der Waals surface area contributed by atoms with Crippen LogP contribution in [0, 0.1) is 0 Å². The van der Waals surface area contributed by atoms with Gasteiger partial charge in [0.1, 0.15) is 0 Å². The number of quaternary nitrogens is 1. The zero-order chi connectivity index (χ0) is 16.8. The first-order chi connectivity index (χ1) is 8.48. The number of hydrogen-bond donors (Lipinski definition) is 1. The van der Waals surface area contributed by atoms with Gasteiger partial charge in [-0.2, -0.15) is 21.1 Å². The lowest BCUT2D eigenvalue weighted by molar-refractivity contribution is -1.25. The molecule has 0 aliphatic carbocycles. The fourth-order valence-corrected chi connectivity index (χ4v) is 2.38. The number of hydrogen-bond acceptors (Lipinski definition) is 4. The van der Waals surface area contributed by atoms with E-state index in [0.717, 1.165) is 6.92 Å². The molecular formula is C5H9F6N2O5S2+. The monoisotopic (exact) mass is 355 g/mol. The van der Waals surface area contributed by atoms with Crippen LogP contribution >= 0.6 is 0 Å². The lowest BCUT2D eigenvalue weighted by atomic mass is 10.8. The highest BCUT2D eigenvalue weighted by molar-refractivity contribution is 7.90. The average molecular weight is 355 g/mol. The fraction of sp³-hybridized carbons (Fsp3) is 1.00. The highest BCUT2D eigenvalue weighted by atomic mass is 32.2. The molecule has 0 unspecified atom stereocenters. The zero-order valence-electron chi connectivity index (χ0n) is 9.77. The van der Waals surface area contributed by atoms with Gasteiger partial charge in [0.2, 0.25) is 4.93 Å². The Kier molecular flexibility index (Phi) is 4.81. The van der Waals surface area contributed by atoms with E-state index in [1.807, 2.05) is 0 Å². The summed E-state index contributed by atoms with van der Waals surface area (Å²) in [7, 11) is -12.9. The molecule has 0 saturated carbocycles. The van der Waals surface area contributed by atoms with Crippen LogP contribution in [0.15, 0.2) is 0 Å². The van der Waals surface area contributed by atoms with Crippen molar-refractivity contribution < 1.29 is 52.8 Å². The molecule has 122 valence electrons. The van der Waals surface area contributed by atoms with E-state index in [-0.39, 0.29) is 4.31 Å². The van der Waals surface area contributed by atoms with Gasteiger partial charge in [-0.25, -0.2) is 0 Å². The molecule has 0 aliphatic rings. The van der Waals surface area contributed by atoms with E-state index >= 15 is 0 Å². The predicted molar refractivity (Wildman–Crippen MR) is 51.1 cm³/mol. The van der Waals surface area contributed by atoms with Crippen molar-refractivity contribution in [2.24, 2.45) is 0 Å². The maximum atomic E-state index is 13.2. The highest BCUT2D eigenvalue weighted by Crippen LogP contribution is 2.48. The largest absolute Gasteiger partial charge is 0.602 e. The molecule has 0 radical (unpaired) electrons. The third kappa shape index (κ3) is 2.47. The molecule has 0 rings (SSSR count). The second-order valence-electron chi connectivity index (χ2n) is 3.38. The second-order valence-corrected chi connectivity index (χ2v) is 6.89. The van der Waals surface area contributed by atoms with Gasteiger partial charge in [0.25, 0.3) is 0 Å². The summed E-state index contributed by atoms with van der Waals surface area (Å²) < 4.78 is 128. The molecule has 0 amide bonds. The van der Waals surface area contributed by atoms with E-state index in [1.165, 1.54) is 0 Å². The molecule has 0 fully saturated rings. The fourth-order valence-electron chi connectivity index (χ4n) is 0.799. The van der Waals surface area contributed by atoms with E-state index in [1.54, 1.807) is 0 Å². The molecule has 0 aromatic rings. The number of sulfonamides is 1. The molecule has 20 heavy (non-hydrogen) atoms. The second kappa shape index (κ2) is 4.97. The molecule has 0 bridgehead atoms. The van der Waals surface area contributed by atoms with Crippen molar-refractivity contribution in [2.75, 3.05) is 13.6 Å². The molecule has 0 atom stereocenters. The minimum atomic E-state index is -7.01. The topological polar surface area (TPSA) is 91.8 Å². The Hall–Kier alpha value is -0.640. The summed E-state index contributed by atoms with van der Waals surface area (Å²) in [5.41, 5.74) is 0. The Balaban J connectivity index is 6.22. The van der Waals surface area contributed by atoms with Crippen LogP contribution in [0.4, 0.5) is 26.5 Å². The average Bonchev–Trinajstić information content (AvgIpc) is 2.25. The Morgan fingerprint density at radius 3 is 1.65 bits per heavy atom. The molecule has 0 aromatic carbocycles. The van der Waals surface area contributed by atoms with Crippen LogP contribution in [0.3, 0.4) is 0 Å². The Bertz CT molecular complexity index is 573. The van der Waals surface area contributed by atoms with Gasteiger partial charge >= 0.3 is 30.9 Å². The highest BCUT2D eigenvalue weighted by Gasteiger charge is 2.87. The Morgan fingerprint density at radius 2 is 1.40 bits per heavy atom. The van der Waals surface area contributed by atoms with Crippen molar-refractivity contribution in [1.29, 1.82) is 0 Å². The van der Waals surface area contributed by atoms with Crippen molar-refractivity contribution in [1.82, 2.24) is 4.31 Å². The van der Waals surface area contributed by atoms with Crippen LogP contribution < -0.4 is 0 Å². The molecule has 0 spiro atoms. The maximum Gasteiger partial charge on any atom is 0.602 e. The molecule has 1 N–H and O–H groups in total. The summed E-state index contributed by atoms with van der Waals surface area (Å²) in [4.78, 5) is -6.11. The number of alkyl halides is 4. The predicted octanol–water partition coefficient (Wildman–Crippen LogP) is 0.842. The zero-order valence-corrected chi connectivity index (χ0v) is 11.4. The summed E-state index contributed by atoms with van der Waals surface area (Å²) in [6.45, 7) is 0.148. The van der Waals surface area contributed by atoms with Gasteiger partial charge in [0, 0.05) is 13.6 Å². The van der Waals surface area contributed by atoms with Gasteiger partial charge < -0.3 is 0 Å². The van der Waals surface area contributed by atoms with Crippen molar-refractivity contribution in [3.8, 4) is 0 Å². The van der Waals surface area contributed by atoms with Crippen molar-refractivity contribution in [3.63, 3.8) is 0 Å². The SMILES string of the molecule is CCN(C)S(=O)(=O)C(F)(F)[N+](F)(F)C(F)(F)S(=O)(=O)O. The molecule has 0 heterocycles. The molecule has 0 aromatic heterocycles. The molecular weight excluding hydrogens is 346 g/mol. The standard InChI is InChI=1S/C5H8F6N2O5S2/c1-3-12(2)19(14,15)4(6,7)13(10,11)5(8,9)20(16,17)18/h3H2,1-2H3/p+1. The quantitative estimate of drug-likeness (QED) is 0.330. The molecule has 15 heteroatoms. The van der Waals surface area contributed by atoms with Crippen molar-refractivity contribution in [3.05, 3.63) is 0 Å². The summed E-state index contributed by atoms with van der Waals surface area (Å²) >= 11 is 0. The van der Waals surface area contributed by atoms with E-state index in [9.17, 15) is 43.4 Å². The first-order valence-electron chi connectivity index (χ1n) is 4.45. The minimum Gasteiger partial charge on any atom is -0.276 e. The third-order valence-corrected chi connectivity index (χ3v) is 4.91. The van der Waals surface area contributed by atoms with E-state index in [0.29, 0.717) is 7.05 Å². The molecule has 0 aliphatic heterocycles. The van der Waals surface area contributed by atoms with Crippen LogP contribution in [0.5, 0.6) is 0 Å². The van der Waals surface area contributed by atoms with Crippen LogP contribution in [-0.2, 0) is 20.1 Å². The van der Waals surface area contributed by atoms with Gasteiger partial charge in [0.15, 0.2) is 0 Å². The number of rotatable bonds is 6. The van der Waals surface area contributed by atoms with Crippen LogP contribution in [-0.4, -0.2) is 55.0 Å². The Labute approximate surface area is 109 Å². The Morgan fingerprint density at radius 1 is 1.05 bits per heavy atom. The van der Waals surface area contributed by atoms with Gasteiger partial charge in [0.05, 0.1) is 8.96 Å². The first kappa shape index (κ1) is 19.4. The maximum absolute atomic E-state index is 13.2. The van der Waals surface area contributed by atoms with Crippen LogP contribution in [0.25, 0.3) is 0 Å². The van der Waals surface area contributed by atoms with Crippen LogP contribution in [0.1, 0.15) is 6.92 Å². The lowest BCUT2D eigenvalue weighted by Crippen LogP contribution is -2.66. The smallest absolute Gasteiger partial charge is 0.276 e. The van der Waals surface area contributed by atoms with Crippen molar-refractivity contribution >= 4 is 20.1 Å². The first-order valence-corrected chi connectivity index (χ1v) is 7.33. The van der Waals surface area contributed by atoms with Gasteiger partial charge in [-0.3, -0.25) is 4.55 Å². The third-order valence-electron chi connectivity index (χ3n) is 2.13. The summed E-state index contributed by atoms with van der Waals surface area (Å²) in [5.74, 6) is 0. The van der Waals surface area contributed by atoms with Crippen LogP contribution in [0.2, 0.25) is 0 Å². The van der Waals surface area contributed by atoms with E-state index in [2.05, 4.69) is 0 Å². The number of halogens is 6. The summed E-state index contributed by atoms with van der Waals surface area (Å²) in [5, 5.41) is -13.3. The van der Waals surface area contributed by atoms with E-state index in [4.69, 9.17) is 4.55 Å². The summed E-state index contributed by atoms with van der Waals surface area (Å²) in [6.07, 6.45) is 0. The lowest BCUT2D eigenvalue weighted by Gasteiger charge is -2.27. The van der Waals surface area contributed by atoms with Gasteiger partial charge in [-0.05, 0) is 0 Å². The van der Waals surface area contributed by atoms with Crippen molar-refractivity contribution in [2.45, 2.75) is 17.7 Å². The van der Waals surface area contributed by atoms with Gasteiger partial charge in [-0.1, -0.05) is 6.92 Å². The summed E-state index contributed by atoms with van der Waals surface area (Å²) in [6, 6.07) is 0. The van der Waals surface area contributed by atoms with E-state index < -0.39 is 42.4 Å². The minimum absolute atomic E-state index is 0.384.